The monoisotopic (exact) mass is 289 g/mol. The minimum Gasteiger partial charge on any atom is -0.472 e. The minimum absolute atomic E-state index is 0.115. The Morgan fingerprint density at radius 2 is 2.00 bits per heavy atom. The summed E-state index contributed by atoms with van der Waals surface area (Å²) in [4.78, 5) is 38.1. The summed E-state index contributed by atoms with van der Waals surface area (Å²) in [5, 5.41) is 0. The van der Waals surface area contributed by atoms with E-state index in [2.05, 4.69) is 4.98 Å². The van der Waals surface area contributed by atoms with E-state index in [0.29, 0.717) is 16.8 Å². The Morgan fingerprint density at radius 1 is 1.29 bits per heavy atom. The Balaban J connectivity index is 2.09. The van der Waals surface area contributed by atoms with Crippen molar-refractivity contribution >= 4 is 17.5 Å². The highest BCUT2D eigenvalue weighted by Crippen LogP contribution is 2.19. The van der Waals surface area contributed by atoms with Crippen LogP contribution in [0, 0.1) is 13.8 Å². The zero-order chi connectivity index (χ0) is 15.6. The van der Waals surface area contributed by atoms with Gasteiger partial charge in [-0.05, 0) is 32.4 Å². The van der Waals surface area contributed by atoms with Crippen molar-refractivity contribution in [2.75, 3.05) is 6.61 Å². The van der Waals surface area contributed by atoms with Gasteiger partial charge in [-0.15, -0.1) is 0 Å². The Bertz CT molecular complexity index is 694. The predicted octanol–water partition coefficient (Wildman–Crippen LogP) is 2.47. The number of esters is 1. The predicted molar refractivity (Wildman–Crippen MR) is 73.6 cm³/mol. The molecule has 2 aromatic heterocycles. The minimum atomic E-state index is -0.634. The van der Waals surface area contributed by atoms with Gasteiger partial charge in [0, 0.05) is 11.3 Å². The number of carbonyl (C=O) groups excluding carboxylic acids is 3. The lowest BCUT2D eigenvalue weighted by atomic mass is 10.1. The number of ketones is 2. The molecule has 2 heterocycles. The van der Waals surface area contributed by atoms with Gasteiger partial charge in [-0.3, -0.25) is 9.59 Å². The third-order valence-electron chi connectivity index (χ3n) is 3.16. The number of hydrogen-bond donors (Lipinski definition) is 1. The van der Waals surface area contributed by atoms with Crippen LogP contribution in [0.4, 0.5) is 0 Å². The molecular weight excluding hydrogens is 274 g/mol. The molecule has 6 heteroatoms. The van der Waals surface area contributed by atoms with E-state index in [0.717, 1.165) is 0 Å². The largest absolute Gasteiger partial charge is 0.472 e. The van der Waals surface area contributed by atoms with E-state index in [1.165, 1.54) is 25.5 Å². The van der Waals surface area contributed by atoms with E-state index in [4.69, 9.17) is 9.15 Å². The molecule has 6 nitrogen and oxygen atoms in total. The van der Waals surface area contributed by atoms with E-state index in [1.54, 1.807) is 13.8 Å². The van der Waals surface area contributed by atoms with Crippen LogP contribution in [0.1, 0.15) is 49.4 Å². The second kappa shape index (κ2) is 5.78. The molecule has 0 amide bonds. The molecule has 0 atom stereocenters. The van der Waals surface area contributed by atoms with Crippen LogP contribution >= 0.6 is 0 Å². The zero-order valence-electron chi connectivity index (χ0n) is 12.0. The first-order valence-corrected chi connectivity index (χ1v) is 6.34. The van der Waals surface area contributed by atoms with Crippen LogP contribution in [-0.2, 0) is 4.74 Å². The van der Waals surface area contributed by atoms with Crippen molar-refractivity contribution in [2.24, 2.45) is 0 Å². The number of Topliss-reactive ketones (excluding diaryl/α,β-unsaturated/α-hetero) is 2. The number of nitrogens with one attached hydrogen (secondary N) is 1. The number of carbonyl (C=O) groups is 3. The molecule has 0 spiro atoms. The van der Waals surface area contributed by atoms with Crippen molar-refractivity contribution in [3.05, 3.63) is 46.7 Å². The summed E-state index contributed by atoms with van der Waals surface area (Å²) in [6, 6.07) is 1.45. The molecule has 0 unspecified atom stereocenters. The van der Waals surface area contributed by atoms with E-state index >= 15 is 0 Å². The zero-order valence-corrected chi connectivity index (χ0v) is 12.0. The van der Waals surface area contributed by atoms with Gasteiger partial charge in [-0.2, -0.15) is 0 Å². The number of aromatic nitrogens is 1. The van der Waals surface area contributed by atoms with Gasteiger partial charge in [-0.25, -0.2) is 4.79 Å². The highest BCUT2D eigenvalue weighted by atomic mass is 16.5. The van der Waals surface area contributed by atoms with Crippen LogP contribution < -0.4 is 0 Å². The summed E-state index contributed by atoms with van der Waals surface area (Å²) in [5.41, 5.74) is 2.23. The van der Waals surface area contributed by atoms with Crippen molar-refractivity contribution in [1.29, 1.82) is 0 Å². The van der Waals surface area contributed by atoms with Gasteiger partial charge in [0.2, 0.25) is 5.78 Å². The Hall–Kier alpha value is -2.63. The fraction of sp³-hybridized carbons (Fsp3) is 0.267. The number of aryl methyl sites for hydroxylation is 1. The molecule has 110 valence electrons. The van der Waals surface area contributed by atoms with Crippen molar-refractivity contribution in [1.82, 2.24) is 4.98 Å². The molecule has 0 saturated heterocycles. The molecule has 0 radical (unpaired) electrons. The van der Waals surface area contributed by atoms with E-state index in [-0.39, 0.29) is 22.8 Å². The van der Waals surface area contributed by atoms with E-state index in [9.17, 15) is 14.4 Å². The Labute approximate surface area is 121 Å². The van der Waals surface area contributed by atoms with Crippen molar-refractivity contribution < 1.29 is 23.5 Å². The average molecular weight is 289 g/mol. The van der Waals surface area contributed by atoms with Crippen LogP contribution in [-0.4, -0.2) is 29.1 Å². The number of hydrogen-bond acceptors (Lipinski definition) is 5. The van der Waals surface area contributed by atoms with Gasteiger partial charge in [0.25, 0.3) is 0 Å². The van der Waals surface area contributed by atoms with Gasteiger partial charge in [0.1, 0.15) is 6.26 Å². The van der Waals surface area contributed by atoms with Crippen molar-refractivity contribution in [3.63, 3.8) is 0 Å². The molecule has 0 aliphatic heterocycles. The SMILES string of the molecule is CC(=O)c1c(C)[nH]c(C(=O)COC(=O)c2ccoc2)c1C. The lowest BCUT2D eigenvalue weighted by Crippen LogP contribution is -2.15. The van der Waals surface area contributed by atoms with Crippen LogP contribution in [0.25, 0.3) is 0 Å². The number of rotatable bonds is 5. The number of aromatic amines is 1. The quantitative estimate of drug-likeness (QED) is 0.674. The first-order valence-electron chi connectivity index (χ1n) is 6.34. The average Bonchev–Trinajstić information content (AvgIpc) is 3.03. The first kappa shape index (κ1) is 14.8. The van der Waals surface area contributed by atoms with Crippen LogP contribution in [0.2, 0.25) is 0 Å². The second-order valence-corrected chi connectivity index (χ2v) is 4.69. The normalized spacial score (nSPS) is 10.4. The first-order chi connectivity index (χ1) is 9.91. The maximum Gasteiger partial charge on any atom is 0.341 e. The number of furan rings is 1. The van der Waals surface area contributed by atoms with Crippen LogP contribution in [0.15, 0.2) is 23.0 Å². The molecule has 0 bridgehead atoms. The van der Waals surface area contributed by atoms with Gasteiger partial charge < -0.3 is 14.1 Å². The van der Waals surface area contributed by atoms with Crippen LogP contribution in [0.3, 0.4) is 0 Å². The third-order valence-corrected chi connectivity index (χ3v) is 3.16. The second-order valence-electron chi connectivity index (χ2n) is 4.69. The van der Waals surface area contributed by atoms with Crippen molar-refractivity contribution in [2.45, 2.75) is 20.8 Å². The third kappa shape index (κ3) is 2.94. The molecule has 0 aromatic carbocycles. The summed E-state index contributed by atoms with van der Waals surface area (Å²) < 4.78 is 9.68. The topological polar surface area (TPSA) is 89.4 Å². The summed E-state index contributed by atoms with van der Waals surface area (Å²) >= 11 is 0. The molecule has 0 aliphatic carbocycles. The maximum absolute atomic E-state index is 12.1. The fourth-order valence-electron chi connectivity index (χ4n) is 2.22. The summed E-state index contributed by atoms with van der Waals surface area (Å²) in [6.07, 6.45) is 2.58. The van der Waals surface area contributed by atoms with E-state index < -0.39 is 12.6 Å². The molecule has 2 aromatic rings. The van der Waals surface area contributed by atoms with E-state index in [1.807, 2.05) is 0 Å². The lowest BCUT2D eigenvalue weighted by Gasteiger charge is -2.02. The molecule has 0 aliphatic rings. The highest BCUT2D eigenvalue weighted by molar-refractivity contribution is 6.04. The lowest BCUT2D eigenvalue weighted by molar-refractivity contribution is 0.0472. The smallest absolute Gasteiger partial charge is 0.341 e. The molecule has 2 rings (SSSR count). The molecular formula is C15H15NO5. The summed E-state index contributed by atoms with van der Waals surface area (Å²) in [7, 11) is 0. The summed E-state index contributed by atoms with van der Waals surface area (Å²) in [6.45, 7) is 4.45. The van der Waals surface area contributed by atoms with Gasteiger partial charge in [0.15, 0.2) is 12.4 Å². The molecule has 0 saturated carbocycles. The maximum atomic E-state index is 12.1. The van der Waals surface area contributed by atoms with Crippen LogP contribution in [0.5, 0.6) is 0 Å². The highest BCUT2D eigenvalue weighted by Gasteiger charge is 2.21. The molecule has 1 N–H and O–H groups in total. The Morgan fingerprint density at radius 3 is 2.52 bits per heavy atom. The number of H-pyrrole nitrogens is 1. The van der Waals surface area contributed by atoms with Crippen molar-refractivity contribution in [3.8, 4) is 0 Å². The van der Waals surface area contributed by atoms with Gasteiger partial charge in [-0.1, -0.05) is 0 Å². The standard InChI is InChI=1S/C15H15NO5/c1-8-13(10(3)17)9(2)16-14(8)12(18)7-21-15(19)11-4-5-20-6-11/h4-6,16H,7H2,1-3H3. The fourth-order valence-corrected chi connectivity index (χ4v) is 2.22. The van der Waals surface area contributed by atoms with Gasteiger partial charge >= 0.3 is 5.97 Å². The summed E-state index contributed by atoms with van der Waals surface area (Å²) in [5.74, 6) is -1.14. The van der Waals surface area contributed by atoms with Gasteiger partial charge in [0.05, 0.1) is 17.5 Å². The number of ether oxygens (including phenoxy) is 1. The molecule has 21 heavy (non-hydrogen) atoms. The molecule has 0 fully saturated rings. The Kier molecular flexibility index (Phi) is 4.07.